The van der Waals surface area contributed by atoms with Crippen LogP contribution < -0.4 is 5.32 Å². The van der Waals surface area contributed by atoms with Crippen molar-refractivity contribution in [3.8, 4) is 0 Å². The zero-order valence-corrected chi connectivity index (χ0v) is 10.5. The van der Waals surface area contributed by atoms with E-state index in [4.69, 9.17) is 0 Å². The molecule has 2 rings (SSSR count). The Morgan fingerprint density at radius 1 is 1.25 bits per heavy atom. The lowest BCUT2D eigenvalue weighted by Gasteiger charge is -2.22. The summed E-state index contributed by atoms with van der Waals surface area (Å²) in [6, 6.07) is 6.86. The first kappa shape index (κ1) is 11.9. The van der Waals surface area contributed by atoms with Crippen molar-refractivity contribution in [1.29, 1.82) is 0 Å². The van der Waals surface area contributed by atoms with E-state index in [0.717, 1.165) is 23.4 Å². The average molecular weight is 236 g/mol. The largest absolute Gasteiger partial charge is 0.313 e. The van der Waals surface area contributed by atoms with Gasteiger partial charge in [0.2, 0.25) is 0 Å². The summed E-state index contributed by atoms with van der Waals surface area (Å²) in [6.45, 7) is 1.10. The first-order valence-corrected chi connectivity index (χ1v) is 7.21. The van der Waals surface area contributed by atoms with Crippen molar-refractivity contribution in [3.63, 3.8) is 0 Å². The van der Waals surface area contributed by atoms with E-state index in [-0.39, 0.29) is 0 Å². The molecule has 2 nitrogen and oxygen atoms in total. The monoisotopic (exact) mass is 236 g/mol. The van der Waals surface area contributed by atoms with Crippen LogP contribution in [0.2, 0.25) is 0 Å². The Hall–Kier alpha value is -0.540. The van der Waals surface area contributed by atoms with E-state index in [9.17, 15) is 0 Å². The van der Waals surface area contributed by atoms with Crippen LogP contribution >= 0.6 is 11.8 Å². The summed E-state index contributed by atoms with van der Waals surface area (Å²) in [4.78, 5) is 4.30. The second-order valence-electron chi connectivity index (χ2n) is 4.31. The second-order valence-corrected chi connectivity index (χ2v) is 5.42. The summed E-state index contributed by atoms with van der Waals surface area (Å²) in [7, 11) is 0. The minimum absolute atomic E-state index is 0.776. The van der Waals surface area contributed by atoms with Gasteiger partial charge in [0.05, 0.1) is 5.03 Å². The summed E-state index contributed by atoms with van der Waals surface area (Å²) < 4.78 is 0. The predicted molar refractivity (Wildman–Crippen MR) is 69.8 cm³/mol. The van der Waals surface area contributed by atoms with Gasteiger partial charge in [-0.15, -0.1) is 11.8 Å². The zero-order valence-electron chi connectivity index (χ0n) is 9.69. The Balaban J connectivity index is 1.58. The molecule has 0 unspecified atom stereocenters. The van der Waals surface area contributed by atoms with E-state index in [1.54, 1.807) is 0 Å². The van der Waals surface area contributed by atoms with Gasteiger partial charge in [-0.05, 0) is 25.0 Å². The van der Waals surface area contributed by atoms with E-state index in [1.807, 2.05) is 30.1 Å². The van der Waals surface area contributed by atoms with Gasteiger partial charge in [-0.1, -0.05) is 25.3 Å². The van der Waals surface area contributed by atoms with E-state index in [1.165, 1.54) is 32.1 Å². The van der Waals surface area contributed by atoms with Crippen LogP contribution in [-0.4, -0.2) is 23.3 Å². The molecule has 1 aliphatic carbocycles. The van der Waals surface area contributed by atoms with Gasteiger partial charge >= 0.3 is 0 Å². The number of rotatable bonds is 5. The topological polar surface area (TPSA) is 24.9 Å². The molecule has 88 valence electrons. The van der Waals surface area contributed by atoms with Crippen LogP contribution in [0, 0.1) is 0 Å². The minimum atomic E-state index is 0.776. The van der Waals surface area contributed by atoms with Gasteiger partial charge in [-0.25, -0.2) is 4.98 Å². The molecule has 0 spiro atoms. The van der Waals surface area contributed by atoms with Gasteiger partial charge in [0, 0.05) is 24.5 Å². The molecule has 0 saturated heterocycles. The minimum Gasteiger partial charge on any atom is -0.313 e. The van der Waals surface area contributed by atoms with E-state index in [2.05, 4.69) is 16.4 Å². The third-order valence-electron chi connectivity index (χ3n) is 3.03. The maximum Gasteiger partial charge on any atom is 0.0960 e. The Labute approximate surface area is 102 Å². The van der Waals surface area contributed by atoms with Crippen molar-refractivity contribution < 1.29 is 0 Å². The molecule has 3 heteroatoms. The number of thioether (sulfide) groups is 1. The summed E-state index contributed by atoms with van der Waals surface area (Å²) in [5.41, 5.74) is 0. The summed E-state index contributed by atoms with van der Waals surface area (Å²) in [5, 5.41) is 4.78. The lowest BCUT2D eigenvalue weighted by Crippen LogP contribution is -2.32. The number of pyridine rings is 1. The molecule has 1 aliphatic rings. The molecule has 1 saturated carbocycles. The van der Waals surface area contributed by atoms with E-state index >= 15 is 0 Å². The smallest absolute Gasteiger partial charge is 0.0960 e. The van der Waals surface area contributed by atoms with Crippen LogP contribution in [0.1, 0.15) is 32.1 Å². The molecule has 0 aromatic carbocycles. The first-order chi connectivity index (χ1) is 7.95. The zero-order chi connectivity index (χ0) is 11.1. The highest BCUT2D eigenvalue weighted by Crippen LogP contribution is 2.18. The predicted octanol–water partition coefficient (Wildman–Crippen LogP) is 3.10. The molecule has 1 fully saturated rings. The van der Waals surface area contributed by atoms with Crippen molar-refractivity contribution in [2.24, 2.45) is 0 Å². The molecule has 1 aromatic rings. The third-order valence-corrected chi connectivity index (χ3v) is 3.97. The van der Waals surface area contributed by atoms with Crippen molar-refractivity contribution in [1.82, 2.24) is 10.3 Å². The molecule has 0 aliphatic heterocycles. The highest BCUT2D eigenvalue weighted by molar-refractivity contribution is 7.99. The molecule has 0 radical (unpaired) electrons. The van der Waals surface area contributed by atoms with Gasteiger partial charge in [0.25, 0.3) is 0 Å². The van der Waals surface area contributed by atoms with Crippen molar-refractivity contribution in [2.45, 2.75) is 43.2 Å². The van der Waals surface area contributed by atoms with E-state index < -0.39 is 0 Å². The maximum atomic E-state index is 4.30. The molecule has 0 atom stereocenters. The van der Waals surface area contributed by atoms with Gasteiger partial charge in [0.1, 0.15) is 0 Å². The number of nitrogens with zero attached hydrogens (tertiary/aromatic N) is 1. The summed E-state index contributed by atoms with van der Waals surface area (Å²) in [5.74, 6) is 1.12. The SMILES string of the molecule is c1ccc(SCCNC2CCCCC2)nc1. The van der Waals surface area contributed by atoms with Crippen molar-refractivity contribution in [3.05, 3.63) is 24.4 Å². The van der Waals surface area contributed by atoms with Crippen molar-refractivity contribution in [2.75, 3.05) is 12.3 Å². The molecule has 1 aromatic heterocycles. The molecule has 0 bridgehead atoms. The fraction of sp³-hybridized carbons (Fsp3) is 0.615. The number of hydrogen-bond donors (Lipinski definition) is 1. The Bertz CT molecular complexity index is 283. The van der Waals surface area contributed by atoms with Crippen LogP contribution in [0.25, 0.3) is 0 Å². The highest BCUT2D eigenvalue weighted by Gasteiger charge is 2.11. The van der Waals surface area contributed by atoms with Gasteiger partial charge in [-0.3, -0.25) is 0 Å². The summed E-state index contributed by atoms with van der Waals surface area (Å²) >= 11 is 1.84. The van der Waals surface area contributed by atoms with Crippen molar-refractivity contribution >= 4 is 11.8 Å². The molecular weight excluding hydrogens is 216 g/mol. The Morgan fingerprint density at radius 2 is 2.12 bits per heavy atom. The number of hydrogen-bond acceptors (Lipinski definition) is 3. The lowest BCUT2D eigenvalue weighted by molar-refractivity contribution is 0.381. The molecular formula is C13H20N2S. The van der Waals surface area contributed by atoms with Crippen LogP contribution in [0.3, 0.4) is 0 Å². The lowest BCUT2D eigenvalue weighted by atomic mass is 9.96. The molecule has 0 amide bonds. The second kappa shape index (κ2) is 6.92. The van der Waals surface area contributed by atoms with Crippen LogP contribution in [0.5, 0.6) is 0 Å². The molecule has 16 heavy (non-hydrogen) atoms. The normalized spacial score (nSPS) is 17.5. The number of nitrogens with one attached hydrogen (secondary N) is 1. The van der Waals surface area contributed by atoms with Gasteiger partial charge in [-0.2, -0.15) is 0 Å². The van der Waals surface area contributed by atoms with Gasteiger partial charge in [0.15, 0.2) is 0 Å². The van der Waals surface area contributed by atoms with Crippen LogP contribution in [0.15, 0.2) is 29.4 Å². The standard InChI is InChI=1S/C13H20N2S/c1-2-6-12(7-3-1)14-10-11-16-13-8-4-5-9-15-13/h4-5,8-9,12,14H,1-3,6-7,10-11H2. The maximum absolute atomic E-state index is 4.30. The molecule has 1 N–H and O–H groups in total. The number of aromatic nitrogens is 1. The third kappa shape index (κ3) is 4.14. The van der Waals surface area contributed by atoms with Crippen LogP contribution in [-0.2, 0) is 0 Å². The quantitative estimate of drug-likeness (QED) is 0.628. The Morgan fingerprint density at radius 3 is 2.88 bits per heavy atom. The fourth-order valence-electron chi connectivity index (χ4n) is 2.16. The van der Waals surface area contributed by atoms with Gasteiger partial charge < -0.3 is 5.32 Å². The molecule has 1 heterocycles. The summed E-state index contributed by atoms with van der Waals surface area (Å²) in [6.07, 6.45) is 8.84. The fourth-order valence-corrected chi connectivity index (χ4v) is 2.90. The Kier molecular flexibility index (Phi) is 5.16. The highest BCUT2D eigenvalue weighted by atomic mass is 32.2. The van der Waals surface area contributed by atoms with Crippen LogP contribution in [0.4, 0.5) is 0 Å². The average Bonchev–Trinajstić information content (AvgIpc) is 2.37. The first-order valence-electron chi connectivity index (χ1n) is 6.22. The van der Waals surface area contributed by atoms with E-state index in [0.29, 0.717) is 0 Å².